The van der Waals surface area contributed by atoms with Crippen LogP contribution in [0.5, 0.6) is 0 Å². The lowest BCUT2D eigenvalue weighted by Crippen LogP contribution is -2.30. The number of ether oxygens (including phenoxy) is 3. The summed E-state index contributed by atoms with van der Waals surface area (Å²) in [5.74, 6) is -0.988. The molecule has 0 N–H and O–H groups in total. The van der Waals surface area contributed by atoms with Gasteiger partial charge in [0.2, 0.25) is 0 Å². The summed E-state index contributed by atoms with van der Waals surface area (Å²) in [4.78, 5) is 38.0. The lowest BCUT2D eigenvalue weighted by atomic mass is 10.0. The molecule has 0 aromatic heterocycles. The fourth-order valence-electron chi connectivity index (χ4n) is 7.36. The van der Waals surface area contributed by atoms with Gasteiger partial charge in [-0.3, -0.25) is 14.4 Å². The van der Waals surface area contributed by atoms with E-state index in [1.54, 1.807) is 0 Å². The van der Waals surface area contributed by atoms with Gasteiger partial charge in [0.1, 0.15) is 13.2 Å². The summed E-state index contributed by atoms with van der Waals surface area (Å²) in [6.45, 7) is 6.54. The number of carbonyl (C=O) groups excluding carboxylic acids is 3. The van der Waals surface area contributed by atoms with Crippen molar-refractivity contribution in [2.75, 3.05) is 13.2 Å². The van der Waals surface area contributed by atoms with Crippen molar-refractivity contribution >= 4 is 17.9 Å². The van der Waals surface area contributed by atoms with Gasteiger partial charge in [-0.25, -0.2) is 0 Å². The minimum atomic E-state index is -0.814. The molecule has 0 amide bonds. The second-order valence-corrected chi connectivity index (χ2v) is 17.8. The lowest BCUT2D eigenvalue weighted by Gasteiger charge is -2.18. The van der Waals surface area contributed by atoms with Crippen molar-refractivity contribution in [1.29, 1.82) is 0 Å². The first-order valence-corrected chi connectivity index (χ1v) is 26.9. The molecule has 0 aromatic rings. The number of unbranched alkanes of at least 4 members (excludes halogenated alkanes) is 25. The molecule has 0 aliphatic heterocycles. The van der Waals surface area contributed by atoms with Crippen LogP contribution in [0.1, 0.15) is 258 Å². The summed E-state index contributed by atoms with van der Waals surface area (Å²) in [5.41, 5.74) is 0. The molecule has 0 heterocycles. The van der Waals surface area contributed by atoms with E-state index in [0.717, 1.165) is 64.2 Å². The quantitative estimate of drug-likeness (QED) is 0.0262. The highest BCUT2D eigenvalue weighted by atomic mass is 16.6. The van der Waals surface area contributed by atoms with Gasteiger partial charge in [-0.15, -0.1) is 0 Å². The second kappa shape index (κ2) is 52.5. The van der Waals surface area contributed by atoms with Crippen molar-refractivity contribution in [3.8, 4) is 0 Å². The molecule has 64 heavy (non-hydrogen) atoms. The molecule has 0 unspecified atom stereocenters. The van der Waals surface area contributed by atoms with Crippen molar-refractivity contribution in [2.45, 2.75) is 264 Å². The standard InChI is InChI=1S/C58H100O6/c1-4-7-10-13-16-19-22-25-27-28-29-30-32-34-37-40-43-46-49-52-58(61)64-55(53-62-56(59)50-47-44-41-38-35-24-21-18-15-12-9-6-3)54-63-57(60)51-48-45-42-39-36-33-31-26-23-20-17-14-11-8-5-2/h16,19-20,23,25,27,29-30,34,37,43,46,55H,4-15,17-18,21-22,24,26,28,31-33,35-36,38-42,44-45,47-54H2,1-3H3/b19-16-,23-20-,27-25-,30-29-,37-34-,46-43-/t55-/m0/s1. The van der Waals surface area contributed by atoms with Gasteiger partial charge in [0.05, 0.1) is 0 Å². The average Bonchev–Trinajstić information content (AvgIpc) is 3.29. The number of hydrogen-bond acceptors (Lipinski definition) is 6. The summed E-state index contributed by atoms with van der Waals surface area (Å²) in [5, 5.41) is 0. The van der Waals surface area contributed by atoms with Crippen LogP contribution in [0, 0.1) is 0 Å². The van der Waals surface area contributed by atoms with Crippen LogP contribution in [0.3, 0.4) is 0 Å². The minimum Gasteiger partial charge on any atom is -0.462 e. The van der Waals surface area contributed by atoms with Gasteiger partial charge in [0.25, 0.3) is 0 Å². The Kier molecular flexibility index (Phi) is 49.9. The van der Waals surface area contributed by atoms with Crippen LogP contribution in [-0.2, 0) is 28.6 Å². The maximum absolute atomic E-state index is 12.8. The highest BCUT2D eigenvalue weighted by Gasteiger charge is 2.19. The van der Waals surface area contributed by atoms with Crippen molar-refractivity contribution in [1.82, 2.24) is 0 Å². The molecule has 0 aliphatic rings. The number of hydrogen-bond donors (Lipinski definition) is 0. The molecular formula is C58H100O6. The van der Waals surface area contributed by atoms with E-state index < -0.39 is 6.10 Å². The highest BCUT2D eigenvalue weighted by Crippen LogP contribution is 2.14. The fraction of sp³-hybridized carbons (Fsp3) is 0.741. The van der Waals surface area contributed by atoms with Gasteiger partial charge < -0.3 is 14.2 Å². The highest BCUT2D eigenvalue weighted by molar-refractivity contribution is 5.71. The van der Waals surface area contributed by atoms with Crippen LogP contribution >= 0.6 is 0 Å². The van der Waals surface area contributed by atoms with Gasteiger partial charge in [-0.1, -0.05) is 229 Å². The van der Waals surface area contributed by atoms with Gasteiger partial charge in [0, 0.05) is 19.3 Å². The Morgan fingerprint density at radius 1 is 0.312 bits per heavy atom. The Balaban J connectivity index is 4.49. The Hall–Kier alpha value is -3.15. The normalized spacial score (nSPS) is 12.6. The van der Waals surface area contributed by atoms with Crippen LogP contribution in [-0.4, -0.2) is 37.2 Å². The number of rotatable bonds is 48. The number of allylic oxidation sites excluding steroid dienone is 12. The summed E-state index contributed by atoms with van der Waals surface area (Å²) in [6.07, 6.45) is 66.1. The lowest BCUT2D eigenvalue weighted by molar-refractivity contribution is -0.166. The molecule has 0 aromatic carbocycles. The zero-order chi connectivity index (χ0) is 46.5. The summed E-state index contributed by atoms with van der Waals surface area (Å²) >= 11 is 0. The zero-order valence-electron chi connectivity index (χ0n) is 42.0. The molecule has 0 radical (unpaired) electrons. The SMILES string of the molecule is CCCCC/C=C\C/C=C\C/C=C\C/C=C\C/C=C\CCC(=O)O[C@H](COC(=O)CCCCCCCCC/C=C\CCCCCC)COC(=O)CCCCCCCCCCCCCC. The minimum absolute atomic E-state index is 0.104. The van der Waals surface area contributed by atoms with Crippen LogP contribution < -0.4 is 0 Å². The second-order valence-electron chi connectivity index (χ2n) is 17.8. The van der Waals surface area contributed by atoms with E-state index in [4.69, 9.17) is 14.2 Å². The summed E-state index contributed by atoms with van der Waals surface area (Å²) < 4.78 is 16.7. The average molecular weight is 893 g/mol. The van der Waals surface area contributed by atoms with Gasteiger partial charge in [0.15, 0.2) is 6.10 Å². The third kappa shape index (κ3) is 49.9. The Bertz CT molecular complexity index is 1210. The van der Waals surface area contributed by atoms with Gasteiger partial charge in [-0.2, -0.15) is 0 Å². The monoisotopic (exact) mass is 893 g/mol. The topological polar surface area (TPSA) is 78.9 Å². The van der Waals surface area contributed by atoms with Crippen LogP contribution in [0.4, 0.5) is 0 Å². The van der Waals surface area contributed by atoms with E-state index in [1.807, 2.05) is 6.08 Å². The van der Waals surface area contributed by atoms with E-state index >= 15 is 0 Å². The Labute approximate surface area is 395 Å². The largest absolute Gasteiger partial charge is 0.462 e. The van der Waals surface area contributed by atoms with Crippen molar-refractivity contribution < 1.29 is 28.6 Å². The molecular weight excluding hydrogens is 793 g/mol. The fourth-order valence-corrected chi connectivity index (χ4v) is 7.36. The first kappa shape index (κ1) is 60.9. The molecule has 0 saturated heterocycles. The molecule has 6 heteroatoms. The molecule has 0 spiro atoms. The molecule has 6 nitrogen and oxygen atoms in total. The maximum Gasteiger partial charge on any atom is 0.306 e. The summed E-state index contributed by atoms with van der Waals surface area (Å²) in [7, 11) is 0. The van der Waals surface area contributed by atoms with E-state index in [9.17, 15) is 14.4 Å². The predicted octanol–water partition coefficient (Wildman–Crippen LogP) is 17.8. The maximum atomic E-state index is 12.8. The molecule has 1 atom stereocenters. The van der Waals surface area contributed by atoms with E-state index in [-0.39, 0.29) is 37.5 Å². The van der Waals surface area contributed by atoms with Gasteiger partial charge in [-0.05, 0) is 83.5 Å². The third-order valence-electron chi connectivity index (χ3n) is 11.4. The van der Waals surface area contributed by atoms with Crippen molar-refractivity contribution in [3.63, 3.8) is 0 Å². The number of esters is 3. The Morgan fingerprint density at radius 2 is 0.594 bits per heavy atom. The molecule has 0 rings (SSSR count). The molecule has 0 bridgehead atoms. The van der Waals surface area contributed by atoms with E-state index in [1.165, 1.54) is 148 Å². The van der Waals surface area contributed by atoms with Crippen molar-refractivity contribution in [2.24, 2.45) is 0 Å². The predicted molar refractivity (Wildman–Crippen MR) is 274 cm³/mol. The zero-order valence-corrected chi connectivity index (χ0v) is 42.0. The van der Waals surface area contributed by atoms with E-state index in [0.29, 0.717) is 19.3 Å². The first-order chi connectivity index (χ1) is 31.5. The van der Waals surface area contributed by atoms with Crippen LogP contribution in [0.2, 0.25) is 0 Å². The van der Waals surface area contributed by atoms with Crippen LogP contribution in [0.25, 0.3) is 0 Å². The summed E-state index contributed by atoms with van der Waals surface area (Å²) in [6, 6.07) is 0. The number of carbonyl (C=O) groups is 3. The molecule has 0 aliphatic carbocycles. The molecule has 0 fully saturated rings. The van der Waals surface area contributed by atoms with E-state index in [2.05, 4.69) is 87.6 Å². The van der Waals surface area contributed by atoms with Crippen molar-refractivity contribution in [3.05, 3.63) is 72.9 Å². The van der Waals surface area contributed by atoms with Crippen LogP contribution in [0.15, 0.2) is 72.9 Å². The Morgan fingerprint density at radius 3 is 1.00 bits per heavy atom. The third-order valence-corrected chi connectivity index (χ3v) is 11.4. The smallest absolute Gasteiger partial charge is 0.306 e. The molecule has 368 valence electrons. The first-order valence-electron chi connectivity index (χ1n) is 26.9. The van der Waals surface area contributed by atoms with Gasteiger partial charge >= 0.3 is 17.9 Å². The molecule has 0 saturated carbocycles.